The predicted molar refractivity (Wildman–Crippen MR) is 75.5 cm³/mol. The largest absolute Gasteiger partial charge is 0.465 e. The molecule has 0 saturated carbocycles. The van der Waals surface area contributed by atoms with Gasteiger partial charge in [0.1, 0.15) is 0 Å². The number of ether oxygens (including phenoxy) is 1. The van der Waals surface area contributed by atoms with E-state index in [-0.39, 0.29) is 11.6 Å². The summed E-state index contributed by atoms with van der Waals surface area (Å²) in [5, 5.41) is 0. The SMILES string of the molecule is COC(=O)c1cn(C2CCN(C)CC2)c(=O)cc1Br. The molecule has 1 aromatic heterocycles. The Morgan fingerprint density at radius 3 is 2.63 bits per heavy atom. The van der Waals surface area contributed by atoms with E-state index in [1.807, 2.05) is 0 Å². The van der Waals surface area contributed by atoms with E-state index in [4.69, 9.17) is 4.74 Å². The Morgan fingerprint density at radius 1 is 1.42 bits per heavy atom. The highest BCUT2D eigenvalue weighted by Crippen LogP contribution is 2.22. The number of pyridine rings is 1. The zero-order chi connectivity index (χ0) is 14.0. The average molecular weight is 329 g/mol. The third kappa shape index (κ3) is 3.06. The summed E-state index contributed by atoms with van der Waals surface area (Å²) in [6.45, 7) is 1.92. The molecule has 1 aliphatic rings. The van der Waals surface area contributed by atoms with Gasteiger partial charge < -0.3 is 14.2 Å². The van der Waals surface area contributed by atoms with Crippen molar-refractivity contribution in [2.24, 2.45) is 0 Å². The van der Waals surface area contributed by atoms with E-state index >= 15 is 0 Å². The van der Waals surface area contributed by atoms with Gasteiger partial charge in [0.2, 0.25) is 0 Å². The first kappa shape index (κ1) is 14.3. The van der Waals surface area contributed by atoms with Crippen molar-refractivity contribution in [1.29, 1.82) is 0 Å². The van der Waals surface area contributed by atoms with Crippen molar-refractivity contribution in [3.8, 4) is 0 Å². The molecule has 1 aromatic rings. The molecule has 0 N–H and O–H groups in total. The number of carbonyl (C=O) groups excluding carboxylic acids is 1. The molecular formula is C13H17BrN2O3. The first-order chi connectivity index (χ1) is 9.02. The lowest BCUT2D eigenvalue weighted by Gasteiger charge is -2.30. The van der Waals surface area contributed by atoms with Gasteiger partial charge in [0.25, 0.3) is 5.56 Å². The van der Waals surface area contributed by atoms with Gasteiger partial charge in [-0.25, -0.2) is 4.79 Å². The molecule has 0 amide bonds. The first-order valence-corrected chi connectivity index (χ1v) is 7.00. The number of nitrogens with zero attached hydrogens (tertiary/aromatic N) is 2. The Hall–Kier alpha value is -1.14. The summed E-state index contributed by atoms with van der Waals surface area (Å²) in [5.74, 6) is -0.437. The number of rotatable bonds is 2. The molecule has 1 aliphatic heterocycles. The number of piperidine rings is 1. The zero-order valence-corrected chi connectivity index (χ0v) is 12.6. The van der Waals surface area contributed by atoms with Crippen LogP contribution in [0.1, 0.15) is 29.2 Å². The summed E-state index contributed by atoms with van der Waals surface area (Å²) in [6.07, 6.45) is 3.44. The summed E-state index contributed by atoms with van der Waals surface area (Å²) < 4.78 is 6.86. The number of halogens is 1. The first-order valence-electron chi connectivity index (χ1n) is 6.21. The van der Waals surface area contributed by atoms with Gasteiger partial charge in [-0.1, -0.05) is 0 Å². The van der Waals surface area contributed by atoms with E-state index in [0.29, 0.717) is 10.0 Å². The topological polar surface area (TPSA) is 51.5 Å². The molecule has 19 heavy (non-hydrogen) atoms. The molecule has 2 rings (SSSR count). The van der Waals surface area contributed by atoms with Crippen LogP contribution in [-0.2, 0) is 4.74 Å². The number of hydrogen-bond donors (Lipinski definition) is 0. The fourth-order valence-electron chi connectivity index (χ4n) is 2.34. The summed E-state index contributed by atoms with van der Waals surface area (Å²) >= 11 is 3.23. The van der Waals surface area contributed by atoms with Crippen LogP contribution in [-0.4, -0.2) is 42.7 Å². The second-order valence-corrected chi connectivity index (χ2v) is 5.66. The van der Waals surface area contributed by atoms with E-state index in [0.717, 1.165) is 25.9 Å². The molecular weight excluding hydrogens is 312 g/mol. The maximum atomic E-state index is 12.1. The highest BCUT2D eigenvalue weighted by atomic mass is 79.9. The van der Waals surface area contributed by atoms with E-state index in [9.17, 15) is 9.59 Å². The van der Waals surface area contributed by atoms with Crippen LogP contribution in [0.25, 0.3) is 0 Å². The molecule has 1 saturated heterocycles. The van der Waals surface area contributed by atoms with Gasteiger partial charge in [-0.15, -0.1) is 0 Å². The number of esters is 1. The molecule has 0 radical (unpaired) electrons. The van der Waals surface area contributed by atoms with Gasteiger partial charge in [-0.05, 0) is 48.9 Å². The van der Waals surface area contributed by atoms with Crippen LogP contribution in [0.15, 0.2) is 21.5 Å². The lowest BCUT2D eigenvalue weighted by molar-refractivity contribution is 0.0598. The molecule has 0 aromatic carbocycles. The zero-order valence-electron chi connectivity index (χ0n) is 11.1. The Labute approximate surface area is 120 Å². The van der Waals surface area contributed by atoms with Crippen molar-refractivity contribution in [2.45, 2.75) is 18.9 Å². The number of aromatic nitrogens is 1. The van der Waals surface area contributed by atoms with Gasteiger partial charge in [0.15, 0.2) is 0 Å². The minimum Gasteiger partial charge on any atom is -0.465 e. The number of methoxy groups -OCH3 is 1. The number of hydrogen-bond acceptors (Lipinski definition) is 4. The monoisotopic (exact) mass is 328 g/mol. The van der Waals surface area contributed by atoms with Crippen molar-refractivity contribution in [3.05, 3.63) is 32.7 Å². The Balaban J connectivity index is 2.35. The van der Waals surface area contributed by atoms with Crippen molar-refractivity contribution in [3.63, 3.8) is 0 Å². The van der Waals surface area contributed by atoms with Gasteiger partial charge in [-0.3, -0.25) is 4.79 Å². The molecule has 0 bridgehead atoms. The molecule has 0 unspecified atom stereocenters. The summed E-state index contributed by atoms with van der Waals surface area (Å²) in [5.41, 5.74) is 0.301. The minimum atomic E-state index is -0.437. The highest BCUT2D eigenvalue weighted by Gasteiger charge is 2.21. The normalized spacial score (nSPS) is 17.4. The quantitative estimate of drug-likeness (QED) is 0.775. The van der Waals surface area contributed by atoms with Crippen LogP contribution < -0.4 is 5.56 Å². The lowest BCUT2D eigenvalue weighted by atomic mass is 10.0. The standard InChI is InChI=1S/C13H17BrN2O3/c1-15-5-3-9(4-6-15)16-8-10(13(18)19-2)11(14)7-12(16)17/h7-9H,3-6H2,1-2H3. The Bertz CT molecular complexity index is 533. The molecule has 0 atom stereocenters. The second kappa shape index (κ2) is 5.88. The summed E-state index contributed by atoms with van der Waals surface area (Å²) in [7, 11) is 3.40. The van der Waals surface area contributed by atoms with Crippen LogP contribution in [0.2, 0.25) is 0 Å². The van der Waals surface area contributed by atoms with Crippen molar-refractivity contribution >= 4 is 21.9 Å². The van der Waals surface area contributed by atoms with Crippen molar-refractivity contribution in [2.75, 3.05) is 27.2 Å². The third-order valence-corrected chi connectivity index (χ3v) is 4.17. The summed E-state index contributed by atoms with van der Waals surface area (Å²) in [4.78, 5) is 25.9. The third-order valence-electron chi connectivity index (χ3n) is 3.52. The molecule has 0 spiro atoms. The molecule has 6 heteroatoms. The van der Waals surface area contributed by atoms with Gasteiger partial charge >= 0.3 is 5.97 Å². The highest BCUT2D eigenvalue weighted by molar-refractivity contribution is 9.10. The van der Waals surface area contributed by atoms with Crippen molar-refractivity contribution in [1.82, 2.24) is 9.47 Å². The molecule has 1 fully saturated rings. The van der Waals surface area contributed by atoms with Gasteiger partial charge in [0.05, 0.1) is 12.7 Å². The molecule has 2 heterocycles. The van der Waals surface area contributed by atoms with E-state index < -0.39 is 5.97 Å². The van der Waals surface area contributed by atoms with E-state index in [1.54, 1.807) is 10.8 Å². The van der Waals surface area contributed by atoms with Crippen molar-refractivity contribution < 1.29 is 9.53 Å². The van der Waals surface area contributed by atoms with E-state index in [1.165, 1.54) is 13.2 Å². The Kier molecular flexibility index (Phi) is 4.42. The van der Waals surface area contributed by atoms with Gasteiger partial charge in [-0.2, -0.15) is 0 Å². The van der Waals surface area contributed by atoms with Gasteiger partial charge in [0, 0.05) is 22.8 Å². The van der Waals surface area contributed by atoms with Crippen LogP contribution in [0.5, 0.6) is 0 Å². The predicted octanol–water partition coefficient (Wildman–Crippen LogP) is 1.66. The minimum absolute atomic E-state index is 0.0888. The number of carbonyl (C=O) groups is 1. The maximum Gasteiger partial charge on any atom is 0.340 e. The molecule has 104 valence electrons. The fourth-order valence-corrected chi connectivity index (χ4v) is 2.80. The van der Waals surface area contributed by atoms with Crippen LogP contribution in [0.4, 0.5) is 0 Å². The fraction of sp³-hybridized carbons (Fsp3) is 0.538. The second-order valence-electron chi connectivity index (χ2n) is 4.81. The lowest BCUT2D eigenvalue weighted by Crippen LogP contribution is -2.35. The molecule has 5 nitrogen and oxygen atoms in total. The average Bonchev–Trinajstić information content (AvgIpc) is 2.39. The Morgan fingerprint density at radius 2 is 2.05 bits per heavy atom. The maximum absolute atomic E-state index is 12.1. The smallest absolute Gasteiger partial charge is 0.340 e. The van der Waals surface area contributed by atoms with E-state index in [2.05, 4.69) is 27.9 Å². The van der Waals surface area contributed by atoms with Crippen LogP contribution in [0.3, 0.4) is 0 Å². The molecule has 0 aliphatic carbocycles. The summed E-state index contributed by atoms with van der Waals surface area (Å²) in [6, 6.07) is 1.59. The number of likely N-dealkylation sites (tertiary alicyclic amines) is 1. The van der Waals surface area contributed by atoms with Crippen LogP contribution in [0, 0.1) is 0 Å². The van der Waals surface area contributed by atoms with Crippen LogP contribution >= 0.6 is 15.9 Å².